The van der Waals surface area contributed by atoms with Gasteiger partial charge in [0.1, 0.15) is 5.82 Å². The van der Waals surface area contributed by atoms with Gasteiger partial charge in [0, 0.05) is 11.3 Å². The van der Waals surface area contributed by atoms with Crippen LogP contribution in [0.2, 0.25) is 0 Å². The summed E-state index contributed by atoms with van der Waals surface area (Å²) in [4.78, 5) is 23.7. The minimum absolute atomic E-state index is 0.0112. The molecule has 1 aromatic heterocycles. The zero-order valence-corrected chi connectivity index (χ0v) is 15.9. The Kier molecular flexibility index (Phi) is 5.64. The van der Waals surface area contributed by atoms with Crippen molar-refractivity contribution >= 4 is 27.5 Å². The minimum Gasteiger partial charge on any atom is -0.459 e. The molecule has 2 aromatic carbocycles. The summed E-state index contributed by atoms with van der Waals surface area (Å²) in [6.07, 6.45) is 1.31. The highest BCUT2D eigenvalue weighted by molar-refractivity contribution is 7.92. The maximum Gasteiger partial charge on any atom is 0.305 e. The Bertz CT molecular complexity index is 1160. The fraction of sp³-hybridized carbons (Fsp3) is 0.0526. The summed E-state index contributed by atoms with van der Waals surface area (Å²) in [5.41, 5.74) is 4.87. The molecule has 0 spiro atoms. The highest BCUT2D eigenvalue weighted by Crippen LogP contribution is 2.19. The predicted octanol–water partition coefficient (Wildman–Crippen LogP) is 2.60. The SMILES string of the molecule is Cc1ccc(S(=O)(=O)Nc2cccc(C(=O)NNC(=O)c3ccco3)c2)cc1F. The van der Waals surface area contributed by atoms with Crippen molar-refractivity contribution in [2.45, 2.75) is 11.8 Å². The quantitative estimate of drug-likeness (QED) is 0.552. The first-order valence-electron chi connectivity index (χ1n) is 8.29. The van der Waals surface area contributed by atoms with Crippen molar-refractivity contribution < 1.29 is 26.8 Å². The maximum atomic E-state index is 13.7. The molecule has 1 heterocycles. The molecule has 3 aromatic rings. The third-order valence-electron chi connectivity index (χ3n) is 3.87. The van der Waals surface area contributed by atoms with Crippen LogP contribution in [0.1, 0.15) is 26.5 Å². The van der Waals surface area contributed by atoms with Gasteiger partial charge in [-0.2, -0.15) is 0 Å². The van der Waals surface area contributed by atoms with E-state index in [9.17, 15) is 22.4 Å². The molecule has 0 aliphatic heterocycles. The zero-order chi connectivity index (χ0) is 21.0. The lowest BCUT2D eigenvalue weighted by atomic mass is 10.2. The summed E-state index contributed by atoms with van der Waals surface area (Å²) in [6.45, 7) is 1.52. The number of furan rings is 1. The average molecular weight is 417 g/mol. The van der Waals surface area contributed by atoms with Crippen molar-refractivity contribution in [3.63, 3.8) is 0 Å². The van der Waals surface area contributed by atoms with E-state index >= 15 is 0 Å². The van der Waals surface area contributed by atoms with E-state index in [1.165, 1.54) is 61.7 Å². The number of benzene rings is 2. The number of hydrazine groups is 1. The minimum atomic E-state index is -4.05. The third kappa shape index (κ3) is 4.79. The number of nitrogens with one attached hydrogen (secondary N) is 3. The van der Waals surface area contributed by atoms with Gasteiger partial charge in [-0.25, -0.2) is 12.8 Å². The summed E-state index contributed by atoms with van der Waals surface area (Å²) in [7, 11) is -4.05. The number of sulfonamides is 1. The molecular weight excluding hydrogens is 401 g/mol. The molecule has 8 nitrogen and oxygen atoms in total. The molecule has 3 rings (SSSR count). The lowest BCUT2D eigenvalue weighted by Gasteiger charge is -2.11. The third-order valence-corrected chi connectivity index (χ3v) is 5.24. The summed E-state index contributed by atoms with van der Waals surface area (Å²) >= 11 is 0. The smallest absolute Gasteiger partial charge is 0.305 e. The number of rotatable bonds is 5. The monoisotopic (exact) mass is 417 g/mol. The van der Waals surface area contributed by atoms with Gasteiger partial charge in [-0.3, -0.25) is 25.2 Å². The average Bonchev–Trinajstić information content (AvgIpc) is 3.22. The van der Waals surface area contributed by atoms with Crippen molar-refractivity contribution in [3.05, 3.63) is 83.6 Å². The molecule has 0 aliphatic rings. The fourth-order valence-electron chi connectivity index (χ4n) is 2.33. The highest BCUT2D eigenvalue weighted by Gasteiger charge is 2.17. The van der Waals surface area contributed by atoms with E-state index in [1.54, 1.807) is 0 Å². The van der Waals surface area contributed by atoms with Crippen LogP contribution in [-0.2, 0) is 10.0 Å². The number of halogens is 1. The van der Waals surface area contributed by atoms with Gasteiger partial charge < -0.3 is 4.42 Å². The highest BCUT2D eigenvalue weighted by atomic mass is 32.2. The molecule has 0 saturated heterocycles. The maximum absolute atomic E-state index is 13.7. The van der Waals surface area contributed by atoms with Crippen molar-refractivity contribution in [1.82, 2.24) is 10.9 Å². The van der Waals surface area contributed by atoms with Crippen molar-refractivity contribution in [1.29, 1.82) is 0 Å². The van der Waals surface area contributed by atoms with Gasteiger partial charge in [-0.05, 0) is 55.0 Å². The number of hydrogen-bond acceptors (Lipinski definition) is 5. The van der Waals surface area contributed by atoms with Crippen molar-refractivity contribution in [3.8, 4) is 0 Å². The van der Waals surface area contributed by atoms with E-state index in [-0.39, 0.29) is 21.9 Å². The molecule has 29 heavy (non-hydrogen) atoms. The molecule has 0 unspecified atom stereocenters. The van der Waals surface area contributed by atoms with Crippen LogP contribution < -0.4 is 15.6 Å². The second-order valence-electron chi connectivity index (χ2n) is 5.98. The van der Waals surface area contributed by atoms with E-state index in [4.69, 9.17) is 4.42 Å². The van der Waals surface area contributed by atoms with Gasteiger partial charge >= 0.3 is 5.91 Å². The first-order chi connectivity index (χ1) is 13.8. The molecule has 10 heteroatoms. The Morgan fingerprint density at radius 3 is 2.41 bits per heavy atom. The normalized spacial score (nSPS) is 11.0. The molecule has 0 atom stereocenters. The van der Waals surface area contributed by atoms with Crippen LogP contribution in [0.5, 0.6) is 0 Å². The van der Waals surface area contributed by atoms with Gasteiger partial charge in [0.15, 0.2) is 5.76 Å². The lowest BCUT2D eigenvalue weighted by Crippen LogP contribution is -2.41. The first-order valence-corrected chi connectivity index (χ1v) is 9.78. The predicted molar refractivity (Wildman–Crippen MR) is 102 cm³/mol. The van der Waals surface area contributed by atoms with Crippen LogP contribution >= 0.6 is 0 Å². The summed E-state index contributed by atoms with van der Waals surface area (Å²) in [6, 6.07) is 12.1. The summed E-state index contributed by atoms with van der Waals surface area (Å²) in [5.74, 6) is -1.96. The van der Waals surface area contributed by atoms with E-state index in [2.05, 4.69) is 15.6 Å². The first kappa shape index (κ1) is 20.1. The Morgan fingerprint density at radius 1 is 0.966 bits per heavy atom. The van der Waals surface area contributed by atoms with Crippen LogP contribution in [-0.4, -0.2) is 20.2 Å². The number of carbonyl (C=O) groups is 2. The fourth-order valence-corrected chi connectivity index (χ4v) is 3.39. The number of amides is 2. The Labute approximate surface area is 165 Å². The molecule has 3 N–H and O–H groups in total. The molecule has 0 radical (unpaired) electrons. The lowest BCUT2D eigenvalue weighted by molar-refractivity contribution is 0.0831. The number of carbonyl (C=O) groups excluding carboxylic acids is 2. The topological polar surface area (TPSA) is 118 Å². The summed E-state index contributed by atoms with van der Waals surface area (Å²) in [5, 5.41) is 0. The molecule has 0 aliphatic carbocycles. The zero-order valence-electron chi connectivity index (χ0n) is 15.1. The van der Waals surface area contributed by atoms with E-state index < -0.39 is 27.7 Å². The van der Waals surface area contributed by atoms with Gasteiger partial charge in [-0.1, -0.05) is 12.1 Å². The number of anilines is 1. The Morgan fingerprint density at radius 2 is 1.72 bits per heavy atom. The van der Waals surface area contributed by atoms with E-state index in [0.29, 0.717) is 5.56 Å². The van der Waals surface area contributed by atoms with Gasteiger partial charge in [0.05, 0.1) is 11.2 Å². The Hall–Kier alpha value is -3.66. The summed E-state index contributed by atoms with van der Waals surface area (Å²) < 4.78 is 45.8. The Balaban J connectivity index is 1.70. The molecule has 150 valence electrons. The second kappa shape index (κ2) is 8.15. The van der Waals surface area contributed by atoms with Crippen LogP contribution in [0, 0.1) is 12.7 Å². The van der Waals surface area contributed by atoms with Crippen molar-refractivity contribution in [2.75, 3.05) is 4.72 Å². The van der Waals surface area contributed by atoms with Crippen LogP contribution in [0.4, 0.5) is 10.1 Å². The number of aryl methyl sites for hydroxylation is 1. The van der Waals surface area contributed by atoms with Crippen molar-refractivity contribution in [2.24, 2.45) is 0 Å². The van der Waals surface area contributed by atoms with Gasteiger partial charge in [-0.15, -0.1) is 0 Å². The van der Waals surface area contributed by atoms with Crippen LogP contribution in [0.15, 0.2) is 70.2 Å². The molecule has 0 bridgehead atoms. The molecule has 0 saturated carbocycles. The largest absolute Gasteiger partial charge is 0.459 e. The molecular formula is C19H16FN3O5S. The van der Waals surface area contributed by atoms with Gasteiger partial charge in [0.25, 0.3) is 15.9 Å². The van der Waals surface area contributed by atoms with E-state index in [1.807, 2.05) is 0 Å². The second-order valence-corrected chi connectivity index (χ2v) is 7.67. The van der Waals surface area contributed by atoms with Crippen LogP contribution in [0.25, 0.3) is 0 Å². The van der Waals surface area contributed by atoms with E-state index in [0.717, 1.165) is 6.07 Å². The number of hydrogen-bond donors (Lipinski definition) is 3. The van der Waals surface area contributed by atoms with Gasteiger partial charge in [0.2, 0.25) is 0 Å². The molecule has 2 amide bonds. The standard InChI is InChI=1S/C19H16FN3O5S/c1-12-7-8-15(11-16(12)20)29(26,27)23-14-5-2-4-13(10-14)18(24)21-22-19(25)17-6-3-9-28-17/h2-11,23H,1H3,(H,21,24)(H,22,25). The molecule has 0 fully saturated rings. The van der Waals surface area contributed by atoms with Crippen LogP contribution in [0.3, 0.4) is 0 Å².